The first-order chi connectivity index (χ1) is 8.56. The number of halogens is 3. The lowest BCUT2D eigenvalue weighted by atomic mass is 10.1. The van der Waals surface area contributed by atoms with Gasteiger partial charge in [-0.15, -0.1) is 0 Å². The molecule has 0 fully saturated rings. The predicted octanol–water partition coefficient (Wildman–Crippen LogP) is 5.68. The average molecular weight is 345 g/mol. The molecular weight excluding hydrogens is 333 g/mol. The Morgan fingerprint density at radius 3 is 2.56 bits per heavy atom. The van der Waals surface area contributed by atoms with E-state index in [0.29, 0.717) is 11.6 Å². The van der Waals surface area contributed by atoms with Crippen molar-refractivity contribution in [3.63, 3.8) is 0 Å². The molecule has 0 atom stereocenters. The zero-order valence-corrected chi connectivity index (χ0v) is 12.9. The minimum atomic E-state index is 0.648. The van der Waals surface area contributed by atoms with E-state index in [1.807, 2.05) is 43.3 Å². The van der Waals surface area contributed by atoms with E-state index in [1.54, 1.807) is 0 Å². The molecule has 94 valence electrons. The van der Waals surface area contributed by atoms with Crippen LogP contribution in [0.2, 0.25) is 10.0 Å². The predicted molar refractivity (Wildman–Crippen MR) is 82.7 cm³/mol. The van der Waals surface area contributed by atoms with E-state index in [9.17, 15) is 0 Å². The van der Waals surface area contributed by atoms with Gasteiger partial charge in [-0.05, 0) is 42.3 Å². The van der Waals surface area contributed by atoms with E-state index in [4.69, 9.17) is 23.2 Å². The van der Waals surface area contributed by atoms with Crippen LogP contribution in [0.15, 0.2) is 40.9 Å². The Kier molecular flexibility index (Phi) is 4.55. The molecule has 0 unspecified atom stereocenters. The van der Waals surface area contributed by atoms with Crippen LogP contribution in [0.5, 0.6) is 0 Å². The van der Waals surface area contributed by atoms with Gasteiger partial charge in [0.25, 0.3) is 0 Å². The molecule has 0 heterocycles. The molecule has 0 aliphatic carbocycles. The number of anilines is 1. The molecule has 0 saturated heterocycles. The van der Waals surface area contributed by atoms with E-state index in [-0.39, 0.29) is 0 Å². The molecule has 0 bridgehead atoms. The third-order valence-corrected chi connectivity index (χ3v) is 3.78. The van der Waals surface area contributed by atoms with Crippen molar-refractivity contribution in [2.24, 2.45) is 0 Å². The van der Waals surface area contributed by atoms with Crippen LogP contribution in [-0.2, 0) is 6.54 Å². The SMILES string of the molecule is Cc1ccc(CNc2cc(Br)ccc2Cl)c(Cl)c1. The van der Waals surface area contributed by atoms with Crippen LogP contribution in [0, 0.1) is 6.92 Å². The quantitative estimate of drug-likeness (QED) is 0.755. The summed E-state index contributed by atoms with van der Waals surface area (Å²) in [7, 11) is 0. The van der Waals surface area contributed by atoms with Crippen molar-refractivity contribution in [2.45, 2.75) is 13.5 Å². The largest absolute Gasteiger partial charge is 0.380 e. The zero-order valence-electron chi connectivity index (χ0n) is 9.81. The fraction of sp³-hybridized carbons (Fsp3) is 0.143. The smallest absolute Gasteiger partial charge is 0.0638 e. The van der Waals surface area contributed by atoms with Crippen molar-refractivity contribution in [1.29, 1.82) is 0 Å². The van der Waals surface area contributed by atoms with Gasteiger partial charge in [0, 0.05) is 16.0 Å². The third kappa shape index (κ3) is 3.41. The molecule has 4 heteroatoms. The van der Waals surface area contributed by atoms with E-state index in [1.165, 1.54) is 0 Å². The van der Waals surface area contributed by atoms with Crippen LogP contribution in [0.3, 0.4) is 0 Å². The van der Waals surface area contributed by atoms with E-state index < -0.39 is 0 Å². The van der Waals surface area contributed by atoms with Gasteiger partial charge < -0.3 is 5.32 Å². The molecule has 2 rings (SSSR count). The fourth-order valence-corrected chi connectivity index (χ4v) is 2.47. The number of nitrogens with one attached hydrogen (secondary N) is 1. The van der Waals surface area contributed by atoms with Gasteiger partial charge in [-0.3, -0.25) is 0 Å². The highest BCUT2D eigenvalue weighted by Gasteiger charge is 2.03. The number of hydrogen-bond donors (Lipinski definition) is 1. The zero-order chi connectivity index (χ0) is 13.1. The summed E-state index contributed by atoms with van der Waals surface area (Å²) < 4.78 is 0.990. The van der Waals surface area contributed by atoms with Crippen molar-refractivity contribution in [1.82, 2.24) is 0 Å². The first-order valence-electron chi connectivity index (χ1n) is 5.50. The Balaban J connectivity index is 2.13. The molecule has 0 aromatic heterocycles. The van der Waals surface area contributed by atoms with Crippen molar-refractivity contribution in [3.8, 4) is 0 Å². The Labute approximate surface area is 125 Å². The Morgan fingerprint density at radius 2 is 1.83 bits per heavy atom. The van der Waals surface area contributed by atoms with Crippen LogP contribution in [0.4, 0.5) is 5.69 Å². The molecule has 0 spiro atoms. The van der Waals surface area contributed by atoms with E-state index in [2.05, 4.69) is 21.2 Å². The second kappa shape index (κ2) is 5.96. The van der Waals surface area contributed by atoms with Crippen LogP contribution in [-0.4, -0.2) is 0 Å². The summed E-state index contributed by atoms with van der Waals surface area (Å²) in [5, 5.41) is 4.75. The summed E-state index contributed by atoms with van der Waals surface area (Å²) in [6.07, 6.45) is 0. The molecule has 1 N–H and O–H groups in total. The highest BCUT2D eigenvalue weighted by Crippen LogP contribution is 2.27. The minimum Gasteiger partial charge on any atom is -0.380 e. The van der Waals surface area contributed by atoms with Crippen molar-refractivity contribution in [3.05, 3.63) is 62.0 Å². The summed E-state index contributed by atoms with van der Waals surface area (Å²) in [5.41, 5.74) is 3.10. The molecule has 0 saturated carbocycles. The number of rotatable bonds is 3. The summed E-state index contributed by atoms with van der Waals surface area (Å²) >= 11 is 15.7. The second-order valence-corrected chi connectivity index (χ2v) is 5.80. The molecule has 0 aliphatic rings. The van der Waals surface area contributed by atoms with Crippen LogP contribution in [0.1, 0.15) is 11.1 Å². The monoisotopic (exact) mass is 343 g/mol. The molecule has 0 radical (unpaired) electrons. The van der Waals surface area contributed by atoms with Gasteiger partial charge in [0.15, 0.2) is 0 Å². The van der Waals surface area contributed by atoms with Gasteiger partial charge in [-0.2, -0.15) is 0 Å². The summed E-state index contributed by atoms with van der Waals surface area (Å²) in [6.45, 7) is 2.67. The summed E-state index contributed by atoms with van der Waals surface area (Å²) in [4.78, 5) is 0. The summed E-state index contributed by atoms with van der Waals surface area (Å²) in [6, 6.07) is 11.7. The standard InChI is InChI=1S/C14H12BrCl2N/c1-9-2-3-10(13(17)6-9)8-18-14-7-11(15)4-5-12(14)16/h2-7,18H,8H2,1H3. The maximum atomic E-state index is 6.18. The fourth-order valence-electron chi connectivity index (χ4n) is 1.62. The van der Waals surface area contributed by atoms with E-state index in [0.717, 1.165) is 26.3 Å². The normalized spacial score (nSPS) is 10.4. The van der Waals surface area contributed by atoms with Gasteiger partial charge in [-0.1, -0.05) is 51.3 Å². The van der Waals surface area contributed by atoms with Crippen LogP contribution >= 0.6 is 39.1 Å². The Hall–Kier alpha value is -0.700. The maximum Gasteiger partial charge on any atom is 0.0638 e. The molecule has 0 aliphatic heterocycles. The lowest BCUT2D eigenvalue weighted by Crippen LogP contribution is -2.00. The summed E-state index contributed by atoms with van der Waals surface area (Å²) in [5.74, 6) is 0. The van der Waals surface area contributed by atoms with Crippen molar-refractivity contribution >= 4 is 44.8 Å². The highest BCUT2D eigenvalue weighted by molar-refractivity contribution is 9.10. The highest BCUT2D eigenvalue weighted by atomic mass is 79.9. The van der Waals surface area contributed by atoms with Gasteiger partial charge in [0.1, 0.15) is 0 Å². The van der Waals surface area contributed by atoms with Crippen LogP contribution < -0.4 is 5.32 Å². The topological polar surface area (TPSA) is 12.0 Å². The molecule has 0 amide bonds. The Bertz CT molecular complexity index is 570. The van der Waals surface area contributed by atoms with Gasteiger partial charge >= 0.3 is 0 Å². The lowest BCUT2D eigenvalue weighted by molar-refractivity contribution is 1.14. The first-order valence-corrected chi connectivity index (χ1v) is 7.05. The van der Waals surface area contributed by atoms with Crippen molar-refractivity contribution < 1.29 is 0 Å². The maximum absolute atomic E-state index is 6.18. The molecule has 1 nitrogen and oxygen atoms in total. The number of benzene rings is 2. The second-order valence-electron chi connectivity index (χ2n) is 4.07. The van der Waals surface area contributed by atoms with Crippen molar-refractivity contribution in [2.75, 3.05) is 5.32 Å². The van der Waals surface area contributed by atoms with Gasteiger partial charge in [-0.25, -0.2) is 0 Å². The lowest BCUT2D eigenvalue weighted by Gasteiger charge is -2.10. The molecule has 2 aromatic rings. The number of aryl methyl sites for hydroxylation is 1. The van der Waals surface area contributed by atoms with Gasteiger partial charge in [0.05, 0.1) is 10.7 Å². The number of hydrogen-bond acceptors (Lipinski definition) is 1. The molecule has 2 aromatic carbocycles. The average Bonchev–Trinajstić information content (AvgIpc) is 2.32. The minimum absolute atomic E-state index is 0.648. The Morgan fingerprint density at radius 1 is 1.06 bits per heavy atom. The van der Waals surface area contributed by atoms with Gasteiger partial charge in [0.2, 0.25) is 0 Å². The first kappa shape index (κ1) is 13.7. The molecular formula is C14H12BrCl2N. The molecule has 18 heavy (non-hydrogen) atoms. The third-order valence-electron chi connectivity index (χ3n) is 2.61. The van der Waals surface area contributed by atoms with E-state index >= 15 is 0 Å². The van der Waals surface area contributed by atoms with Crippen LogP contribution in [0.25, 0.3) is 0 Å².